The summed E-state index contributed by atoms with van der Waals surface area (Å²) in [6, 6.07) is 5.05. The van der Waals surface area contributed by atoms with Crippen molar-refractivity contribution < 1.29 is 13.2 Å². The van der Waals surface area contributed by atoms with Crippen LogP contribution in [0.15, 0.2) is 24.5 Å². The number of fused-ring (bicyclic) bond motifs is 1. The Hall–Kier alpha value is -2.42. The Balaban J connectivity index is 2.03. The molecule has 0 bridgehead atoms. The van der Waals surface area contributed by atoms with Gasteiger partial charge in [0.05, 0.1) is 17.9 Å². The molecule has 1 unspecified atom stereocenters. The first kappa shape index (κ1) is 16.4. The summed E-state index contributed by atoms with van der Waals surface area (Å²) in [5, 5.41) is 9.46. The second-order valence-corrected chi connectivity index (χ2v) is 7.65. The van der Waals surface area contributed by atoms with E-state index in [1.165, 1.54) is 16.9 Å². The minimum absolute atomic E-state index is 0.172. The smallest absolute Gasteiger partial charge is 0.251 e. The summed E-state index contributed by atoms with van der Waals surface area (Å²) in [5.74, 6) is 0.124. The number of hydrogen-bond donors (Lipinski definition) is 2. The maximum Gasteiger partial charge on any atom is 0.251 e. The molecule has 1 aromatic carbocycles. The van der Waals surface area contributed by atoms with Crippen molar-refractivity contribution in [3.05, 3.63) is 41.5 Å². The number of aromatic nitrogens is 3. The summed E-state index contributed by atoms with van der Waals surface area (Å²) < 4.78 is 25.5. The van der Waals surface area contributed by atoms with Gasteiger partial charge >= 0.3 is 0 Å². The molecule has 2 N–H and O–H groups in total. The van der Waals surface area contributed by atoms with E-state index >= 15 is 0 Å². The molecule has 128 valence electrons. The van der Waals surface area contributed by atoms with Crippen LogP contribution in [0.5, 0.6) is 0 Å². The first-order valence-electron chi connectivity index (χ1n) is 7.67. The third-order valence-corrected chi connectivity index (χ3v) is 5.13. The highest BCUT2D eigenvalue weighted by Gasteiger charge is 2.36. The van der Waals surface area contributed by atoms with Crippen LogP contribution in [0.3, 0.4) is 0 Å². The van der Waals surface area contributed by atoms with Gasteiger partial charge < -0.3 is 5.32 Å². The largest absolute Gasteiger partial charge is 0.352 e. The Morgan fingerprint density at radius 1 is 1.46 bits per heavy atom. The topological polar surface area (TPSA) is 108 Å². The number of carbonyl (C=O) groups excluding carboxylic acids is 1. The van der Waals surface area contributed by atoms with Crippen LogP contribution in [0.25, 0.3) is 0 Å². The Bertz CT molecular complexity index is 848. The van der Waals surface area contributed by atoms with Crippen molar-refractivity contribution >= 4 is 21.6 Å². The summed E-state index contributed by atoms with van der Waals surface area (Å²) in [6.07, 6.45) is 3.40. The van der Waals surface area contributed by atoms with Gasteiger partial charge in [-0.25, -0.2) is 13.4 Å². The Kier molecular flexibility index (Phi) is 4.27. The number of amides is 1. The molecule has 1 aromatic heterocycles. The molecule has 1 aliphatic heterocycles. The SMILES string of the molecule is CCCNC(=O)c1ccc2c(c1)C(c1ncn[nH]1)CN2S(C)(=O)=O. The predicted octanol–water partition coefficient (Wildman–Crippen LogP) is 0.856. The van der Waals surface area contributed by atoms with E-state index in [1.54, 1.807) is 18.2 Å². The molecular weight excluding hydrogens is 330 g/mol. The number of H-pyrrole nitrogens is 1. The zero-order valence-electron chi connectivity index (χ0n) is 13.5. The van der Waals surface area contributed by atoms with Crippen molar-refractivity contribution in [2.24, 2.45) is 0 Å². The van der Waals surface area contributed by atoms with Crippen LogP contribution in [0, 0.1) is 0 Å². The summed E-state index contributed by atoms with van der Waals surface area (Å²) in [5.41, 5.74) is 1.83. The molecule has 0 aliphatic carbocycles. The third kappa shape index (κ3) is 2.99. The average Bonchev–Trinajstić information content (AvgIpc) is 3.18. The predicted molar refractivity (Wildman–Crippen MR) is 89.5 cm³/mol. The summed E-state index contributed by atoms with van der Waals surface area (Å²) in [7, 11) is -3.42. The Labute approximate surface area is 140 Å². The highest BCUT2D eigenvalue weighted by molar-refractivity contribution is 7.92. The van der Waals surface area contributed by atoms with Crippen molar-refractivity contribution in [2.45, 2.75) is 19.3 Å². The molecule has 2 aromatic rings. The number of nitrogens with zero attached hydrogens (tertiary/aromatic N) is 3. The van der Waals surface area contributed by atoms with E-state index < -0.39 is 10.0 Å². The van der Waals surface area contributed by atoms with Gasteiger partial charge in [-0.1, -0.05) is 6.92 Å². The monoisotopic (exact) mass is 349 g/mol. The van der Waals surface area contributed by atoms with Gasteiger partial charge in [0.15, 0.2) is 0 Å². The number of aromatic amines is 1. The van der Waals surface area contributed by atoms with Gasteiger partial charge in [0.1, 0.15) is 12.2 Å². The first-order chi connectivity index (χ1) is 11.4. The van der Waals surface area contributed by atoms with Gasteiger partial charge in [-0.3, -0.25) is 14.2 Å². The van der Waals surface area contributed by atoms with Crippen molar-refractivity contribution in [3.63, 3.8) is 0 Å². The molecule has 8 nitrogen and oxygen atoms in total. The second-order valence-electron chi connectivity index (χ2n) is 5.75. The van der Waals surface area contributed by atoms with Gasteiger partial charge in [-0.15, -0.1) is 0 Å². The lowest BCUT2D eigenvalue weighted by Crippen LogP contribution is -2.29. The van der Waals surface area contributed by atoms with Crippen LogP contribution in [0.1, 0.15) is 41.0 Å². The molecule has 3 rings (SSSR count). The maximum absolute atomic E-state index is 12.2. The number of carbonyl (C=O) groups is 1. The molecule has 1 atom stereocenters. The van der Waals surface area contributed by atoms with Gasteiger partial charge in [-0.05, 0) is 30.2 Å². The molecule has 1 amide bonds. The number of sulfonamides is 1. The van der Waals surface area contributed by atoms with Crippen molar-refractivity contribution in [1.29, 1.82) is 0 Å². The van der Waals surface area contributed by atoms with Crippen LogP contribution in [-0.2, 0) is 10.0 Å². The fourth-order valence-electron chi connectivity index (χ4n) is 2.84. The van der Waals surface area contributed by atoms with Crippen LogP contribution < -0.4 is 9.62 Å². The lowest BCUT2D eigenvalue weighted by atomic mass is 9.98. The Morgan fingerprint density at radius 3 is 2.88 bits per heavy atom. The molecule has 1 aliphatic rings. The normalized spacial score (nSPS) is 16.9. The van der Waals surface area contributed by atoms with Gasteiger partial charge in [0.2, 0.25) is 10.0 Å². The van der Waals surface area contributed by atoms with Crippen LogP contribution >= 0.6 is 0 Å². The standard InChI is InChI=1S/C15H19N5O3S/c1-3-6-16-15(21)10-4-5-13-11(7-10)12(14-17-9-18-19-14)8-20(13)24(2,22)23/h4-5,7,9,12H,3,6,8H2,1-2H3,(H,16,21)(H,17,18,19). The zero-order chi connectivity index (χ0) is 17.3. The van der Waals surface area contributed by atoms with E-state index in [-0.39, 0.29) is 18.4 Å². The Morgan fingerprint density at radius 2 is 2.25 bits per heavy atom. The molecule has 0 spiro atoms. The number of hydrogen-bond acceptors (Lipinski definition) is 5. The van der Waals surface area contributed by atoms with E-state index in [0.29, 0.717) is 23.6 Å². The lowest BCUT2D eigenvalue weighted by Gasteiger charge is -2.16. The highest BCUT2D eigenvalue weighted by Crippen LogP contribution is 2.40. The minimum Gasteiger partial charge on any atom is -0.352 e. The van der Waals surface area contributed by atoms with Crippen LogP contribution in [-0.4, -0.2) is 48.9 Å². The molecule has 0 fully saturated rings. The quantitative estimate of drug-likeness (QED) is 0.832. The van der Waals surface area contributed by atoms with E-state index in [1.807, 2.05) is 6.92 Å². The van der Waals surface area contributed by atoms with Crippen molar-refractivity contribution in [3.8, 4) is 0 Å². The highest BCUT2D eigenvalue weighted by atomic mass is 32.2. The maximum atomic E-state index is 12.2. The van der Waals surface area contributed by atoms with Crippen LogP contribution in [0.4, 0.5) is 5.69 Å². The third-order valence-electron chi connectivity index (χ3n) is 3.98. The summed E-state index contributed by atoms with van der Waals surface area (Å²) >= 11 is 0. The second kappa shape index (κ2) is 6.23. The van der Waals surface area contributed by atoms with Crippen molar-refractivity contribution in [2.75, 3.05) is 23.7 Å². The molecule has 0 radical (unpaired) electrons. The summed E-state index contributed by atoms with van der Waals surface area (Å²) in [6.45, 7) is 2.81. The molecule has 24 heavy (non-hydrogen) atoms. The zero-order valence-corrected chi connectivity index (χ0v) is 14.3. The van der Waals surface area contributed by atoms with Crippen molar-refractivity contribution in [1.82, 2.24) is 20.5 Å². The number of anilines is 1. The molecule has 9 heteroatoms. The summed E-state index contributed by atoms with van der Waals surface area (Å²) in [4.78, 5) is 16.3. The van der Waals surface area contributed by atoms with E-state index in [2.05, 4.69) is 20.5 Å². The van der Waals surface area contributed by atoms with Gasteiger partial charge in [0, 0.05) is 18.7 Å². The van der Waals surface area contributed by atoms with E-state index in [0.717, 1.165) is 12.0 Å². The molecular formula is C15H19N5O3S. The van der Waals surface area contributed by atoms with Gasteiger partial charge in [-0.2, -0.15) is 5.10 Å². The van der Waals surface area contributed by atoms with E-state index in [9.17, 15) is 13.2 Å². The minimum atomic E-state index is -3.42. The number of rotatable bonds is 5. The fourth-order valence-corrected chi connectivity index (χ4v) is 3.78. The first-order valence-corrected chi connectivity index (χ1v) is 9.51. The average molecular weight is 349 g/mol. The fraction of sp³-hybridized carbons (Fsp3) is 0.400. The molecule has 0 saturated carbocycles. The number of benzene rings is 1. The molecule has 2 heterocycles. The van der Waals surface area contributed by atoms with Gasteiger partial charge in [0.25, 0.3) is 5.91 Å². The lowest BCUT2D eigenvalue weighted by molar-refractivity contribution is 0.0953. The van der Waals surface area contributed by atoms with Crippen LogP contribution in [0.2, 0.25) is 0 Å². The number of nitrogens with one attached hydrogen (secondary N) is 2. The van der Waals surface area contributed by atoms with E-state index in [4.69, 9.17) is 0 Å². The molecule has 0 saturated heterocycles.